The summed E-state index contributed by atoms with van der Waals surface area (Å²) in [6, 6.07) is 5.77. The first-order valence-electron chi connectivity index (χ1n) is 10.5. The number of rotatable bonds is 6. The first-order valence-corrected chi connectivity index (χ1v) is 10.5. The van der Waals surface area contributed by atoms with Gasteiger partial charge in [-0.05, 0) is 57.6 Å². The molecule has 0 radical (unpaired) electrons. The molecule has 1 fully saturated rings. The number of hydrogen-bond donors (Lipinski definition) is 1. The van der Waals surface area contributed by atoms with Gasteiger partial charge in [0.2, 0.25) is 5.91 Å². The Balaban J connectivity index is 1.59. The van der Waals surface area contributed by atoms with Gasteiger partial charge in [-0.3, -0.25) is 14.6 Å². The van der Waals surface area contributed by atoms with Gasteiger partial charge in [-0.1, -0.05) is 0 Å². The molecule has 0 saturated carbocycles. The van der Waals surface area contributed by atoms with Crippen molar-refractivity contribution in [3.05, 3.63) is 52.6 Å². The summed E-state index contributed by atoms with van der Waals surface area (Å²) < 4.78 is 20.1. The second-order valence-corrected chi connectivity index (χ2v) is 8.04. The van der Waals surface area contributed by atoms with Gasteiger partial charge in [0.1, 0.15) is 5.82 Å². The number of esters is 1. The molecule has 1 N–H and O–H groups in total. The molecule has 0 unspecified atom stereocenters. The Bertz CT molecular complexity index is 939. The maximum absolute atomic E-state index is 13.0. The van der Waals surface area contributed by atoms with Crippen molar-refractivity contribution in [3.63, 3.8) is 0 Å². The van der Waals surface area contributed by atoms with Gasteiger partial charge in [0.15, 0.2) is 0 Å². The number of aromatic nitrogens is 1. The highest BCUT2D eigenvalue weighted by atomic mass is 19.1. The largest absolute Gasteiger partial charge is 0.465 e. The van der Waals surface area contributed by atoms with Crippen molar-refractivity contribution in [1.29, 1.82) is 0 Å². The zero-order valence-corrected chi connectivity index (χ0v) is 18.7. The van der Waals surface area contributed by atoms with Crippen molar-refractivity contribution in [2.24, 2.45) is 7.05 Å². The minimum atomic E-state index is -0.329. The van der Waals surface area contributed by atoms with E-state index in [4.69, 9.17) is 4.74 Å². The number of methoxy groups -OCH3 is 1. The Morgan fingerprint density at radius 3 is 2.35 bits per heavy atom. The number of carbonyl (C=O) groups excluding carboxylic acids is 2. The van der Waals surface area contributed by atoms with Gasteiger partial charge in [0, 0.05) is 49.3 Å². The number of ether oxygens (including phenoxy) is 1. The standard InChI is InChI=1S/C23H31FN4O3/c1-16-20(22(23(30)31-4)17(2)26(16)3)14-27-10-5-11-28(13-12-27)15-21(29)25-19-8-6-18(24)7-9-19/h6-9H,5,10-15H2,1-4H3,(H,25,29). The highest BCUT2D eigenvalue weighted by molar-refractivity contribution is 5.93. The minimum absolute atomic E-state index is 0.109. The summed E-state index contributed by atoms with van der Waals surface area (Å²) in [6.07, 6.45) is 0.933. The quantitative estimate of drug-likeness (QED) is 0.714. The number of amides is 1. The van der Waals surface area contributed by atoms with Crippen LogP contribution in [0.1, 0.15) is 33.7 Å². The van der Waals surface area contributed by atoms with Gasteiger partial charge < -0.3 is 14.6 Å². The van der Waals surface area contributed by atoms with E-state index in [1.807, 2.05) is 25.5 Å². The fourth-order valence-corrected chi connectivity index (χ4v) is 4.09. The second kappa shape index (κ2) is 10.1. The molecule has 1 aromatic carbocycles. The van der Waals surface area contributed by atoms with Crippen LogP contribution in [0.5, 0.6) is 0 Å². The summed E-state index contributed by atoms with van der Waals surface area (Å²) in [4.78, 5) is 29.2. The van der Waals surface area contributed by atoms with E-state index in [1.54, 1.807) is 12.1 Å². The predicted molar refractivity (Wildman–Crippen MR) is 118 cm³/mol. The summed E-state index contributed by atoms with van der Waals surface area (Å²) in [7, 11) is 3.37. The number of nitrogens with zero attached hydrogens (tertiary/aromatic N) is 3. The van der Waals surface area contributed by atoms with E-state index in [2.05, 4.69) is 15.1 Å². The Labute approximate surface area is 182 Å². The van der Waals surface area contributed by atoms with Crippen LogP contribution in [0.2, 0.25) is 0 Å². The fourth-order valence-electron chi connectivity index (χ4n) is 4.09. The van der Waals surface area contributed by atoms with Crippen LogP contribution in [-0.2, 0) is 23.1 Å². The molecule has 1 amide bonds. The lowest BCUT2D eigenvalue weighted by Gasteiger charge is -2.22. The second-order valence-electron chi connectivity index (χ2n) is 8.04. The zero-order valence-electron chi connectivity index (χ0n) is 18.7. The van der Waals surface area contributed by atoms with Gasteiger partial charge in [0.05, 0.1) is 19.2 Å². The van der Waals surface area contributed by atoms with Gasteiger partial charge in [-0.15, -0.1) is 0 Å². The molecule has 1 aliphatic heterocycles. The Morgan fingerprint density at radius 1 is 1.03 bits per heavy atom. The Kier molecular flexibility index (Phi) is 7.46. The van der Waals surface area contributed by atoms with Crippen molar-refractivity contribution < 1.29 is 18.7 Å². The lowest BCUT2D eigenvalue weighted by molar-refractivity contribution is -0.117. The summed E-state index contributed by atoms with van der Waals surface area (Å²) in [5.41, 5.74) is 4.23. The molecular weight excluding hydrogens is 399 g/mol. The van der Waals surface area contributed by atoms with E-state index >= 15 is 0 Å². The van der Waals surface area contributed by atoms with Crippen LogP contribution in [0.15, 0.2) is 24.3 Å². The van der Waals surface area contributed by atoms with E-state index in [0.717, 1.165) is 49.6 Å². The normalized spacial score (nSPS) is 15.5. The average Bonchev–Trinajstić information content (AvgIpc) is 2.90. The SMILES string of the molecule is COC(=O)c1c(CN2CCCN(CC(=O)Nc3ccc(F)cc3)CC2)c(C)n(C)c1C. The van der Waals surface area contributed by atoms with Crippen molar-refractivity contribution in [3.8, 4) is 0 Å². The first-order chi connectivity index (χ1) is 14.8. The number of benzene rings is 1. The lowest BCUT2D eigenvalue weighted by Crippen LogP contribution is -2.36. The van der Waals surface area contributed by atoms with Crippen LogP contribution in [0.25, 0.3) is 0 Å². The maximum Gasteiger partial charge on any atom is 0.340 e. The molecule has 1 aliphatic rings. The van der Waals surface area contributed by atoms with Crippen LogP contribution in [-0.4, -0.2) is 66.1 Å². The van der Waals surface area contributed by atoms with Gasteiger partial charge in [0.25, 0.3) is 0 Å². The van der Waals surface area contributed by atoms with Crippen LogP contribution in [0.4, 0.5) is 10.1 Å². The summed E-state index contributed by atoms with van der Waals surface area (Å²) in [5.74, 6) is -0.738. The number of hydrogen-bond acceptors (Lipinski definition) is 5. The molecule has 2 heterocycles. The average molecular weight is 431 g/mol. The molecule has 0 spiro atoms. The van der Waals surface area contributed by atoms with Crippen LogP contribution >= 0.6 is 0 Å². The molecule has 1 saturated heterocycles. The van der Waals surface area contributed by atoms with E-state index in [9.17, 15) is 14.0 Å². The molecule has 2 aromatic rings. The number of halogens is 1. The van der Waals surface area contributed by atoms with Gasteiger partial charge in [-0.25, -0.2) is 9.18 Å². The monoisotopic (exact) mass is 430 g/mol. The Morgan fingerprint density at radius 2 is 1.68 bits per heavy atom. The number of carbonyl (C=O) groups is 2. The van der Waals surface area contributed by atoms with Crippen molar-refractivity contribution in [2.45, 2.75) is 26.8 Å². The summed E-state index contributed by atoms with van der Waals surface area (Å²) in [6.45, 7) is 8.21. The summed E-state index contributed by atoms with van der Waals surface area (Å²) >= 11 is 0. The molecule has 7 nitrogen and oxygen atoms in total. The van der Waals surface area contributed by atoms with Crippen LogP contribution in [0.3, 0.4) is 0 Å². The minimum Gasteiger partial charge on any atom is -0.465 e. The molecular formula is C23H31FN4O3. The maximum atomic E-state index is 13.0. The van der Waals surface area contributed by atoms with E-state index < -0.39 is 0 Å². The highest BCUT2D eigenvalue weighted by Gasteiger charge is 2.25. The molecule has 8 heteroatoms. The summed E-state index contributed by atoms with van der Waals surface area (Å²) in [5, 5.41) is 2.82. The van der Waals surface area contributed by atoms with E-state index in [1.165, 1.54) is 19.2 Å². The van der Waals surface area contributed by atoms with Crippen molar-refractivity contribution in [2.75, 3.05) is 45.2 Å². The number of nitrogens with one attached hydrogen (secondary N) is 1. The smallest absolute Gasteiger partial charge is 0.340 e. The van der Waals surface area contributed by atoms with Gasteiger partial charge >= 0.3 is 5.97 Å². The van der Waals surface area contributed by atoms with Crippen molar-refractivity contribution in [1.82, 2.24) is 14.4 Å². The van der Waals surface area contributed by atoms with Crippen molar-refractivity contribution >= 4 is 17.6 Å². The number of anilines is 1. The third-order valence-electron chi connectivity index (χ3n) is 6.05. The van der Waals surface area contributed by atoms with Gasteiger partial charge in [-0.2, -0.15) is 0 Å². The van der Waals surface area contributed by atoms with E-state index in [-0.39, 0.29) is 17.7 Å². The predicted octanol–water partition coefficient (Wildman–Crippen LogP) is 2.71. The third kappa shape index (κ3) is 5.51. The lowest BCUT2D eigenvalue weighted by atomic mass is 10.1. The molecule has 3 rings (SSSR count). The highest BCUT2D eigenvalue weighted by Crippen LogP contribution is 2.24. The molecule has 168 valence electrons. The topological polar surface area (TPSA) is 66.8 Å². The van der Waals surface area contributed by atoms with Crippen LogP contribution < -0.4 is 5.32 Å². The molecule has 0 bridgehead atoms. The van der Waals surface area contributed by atoms with E-state index in [0.29, 0.717) is 24.3 Å². The third-order valence-corrected chi connectivity index (χ3v) is 6.05. The zero-order chi connectivity index (χ0) is 22.5. The molecule has 0 aliphatic carbocycles. The molecule has 0 atom stereocenters. The molecule has 31 heavy (non-hydrogen) atoms. The van der Waals surface area contributed by atoms with Crippen LogP contribution in [0, 0.1) is 19.7 Å². The fraction of sp³-hybridized carbons (Fsp3) is 0.478. The first kappa shape index (κ1) is 23.0. The Hall–Kier alpha value is -2.71. The molecule has 1 aromatic heterocycles.